The first-order valence-electron chi connectivity index (χ1n) is 5.43. The van der Waals surface area contributed by atoms with Gasteiger partial charge in [-0.05, 0) is 0 Å². The van der Waals surface area contributed by atoms with Crippen molar-refractivity contribution in [2.24, 2.45) is 0 Å². The fourth-order valence-corrected chi connectivity index (χ4v) is 2.11. The number of aliphatic hydroxyl groups excluding tert-OH is 1. The van der Waals surface area contributed by atoms with E-state index in [9.17, 15) is 14.7 Å². The van der Waals surface area contributed by atoms with Crippen LogP contribution in [0.1, 0.15) is 12.6 Å². The quantitative estimate of drug-likeness (QED) is 0.492. The molecule has 0 saturated carbocycles. The average Bonchev–Trinajstić information content (AvgIpc) is 2.67. The smallest absolute Gasteiger partial charge is 0.330 e. The van der Waals surface area contributed by atoms with E-state index in [1.165, 1.54) is 12.3 Å². The predicted molar refractivity (Wildman–Crippen MR) is 63.2 cm³/mol. The second-order valence-corrected chi connectivity index (χ2v) is 4.76. The summed E-state index contributed by atoms with van der Waals surface area (Å²) in [4.78, 5) is 41.8. The molecule has 1 saturated heterocycles. The maximum absolute atomic E-state index is 11.5. The number of ether oxygens (including phenoxy) is 1. The molecule has 0 bridgehead atoms. The summed E-state index contributed by atoms with van der Waals surface area (Å²) in [6.07, 6.45) is -1.01. The summed E-state index contributed by atoms with van der Waals surface area (Å²) in [5.41, 5.74) is -1.16. The van der Waals surface area contributed by atoms with Crippen molar-refractivity contribution < 1.29 is 24.2 Å². The molecule has 10 heteroatoms. The first-order valence-corrected chi connectivity index (χ1v) is 6.59. The molecule has 9 nitrogen and oxygen atoms in total. The Balaban J connectivity index is 2.07. The molecule has 0 radical (unpaired) electrons. The highest BCUT2D eigenvalue weighted by Crippen LogP contribution is 2.31. The van der Waals surface area contributed by atoms with Gasteiger partial charge in [0.2, 0.25) is 0 Å². The van der Waals surface area contributed by atoms with Gasteiger partial charge in [-0.25, -0.2) is 4.79 Å². The Morgan fingerprint density at radius 2 is 2.26 bits per heavy atom. The summed E-state index contributed by atoms with van der Waals surface area (Å²) in [5, 5.41) is 9.73. The SMILES string of the molecule is O=c1ccn([C@@H]2CC(O)[C@H](COP(O)O)O2)c(=O)[nH]1. The maximum Gasteiger partial charge on any atom is 0.330 e. The largest absolute Gasteiger partial charge is 0.390 e. The van der Waals surface area contributed by atoms with Crippen LogP contribution in [0.3, 0.4) is 0 Å². The number of rotatable bonds is 4. The zero-order valence-corrected chi connectivity index (χ0v) is 10.6. The van der Waals surface area contributed by atoms with Crippen molar-refractivity contribution >= 4 is 8.60 Å². The highest BCUT2D eigenvalue weighted by molar-refractivity contribution is 7.39. The van der Waals surface area contributed by atoms with Gasteiger partial charge in [-0.2, -0.15) is 0 Å². The number of nitrogens with one attached hydrogen (secondary N) is 1. The lowest BCUT2D eigenvalue weighted by Crippen LogP contribution is -2.31. The minimum atomic E-state index is -2.52. The van der Waals surface area contributed by atoms with Crippen LogP contribution in [0.15, 0.2) is 21.9 Å². The molecule has 19 heavy (non-hydrogen) atoms. The third-order valence-corrected chi connectivity index (χ3v) is 3.10. The monoisotopic (exact) mass is 292 g/mol. The van der Waals surface area contributed by atoms with Crippen LogP contribution in [-0.4, -0.2) is 43.3 Å². The van der Waals surface area contributed by atoms with Crippen LogP contribution in [0.4, 0.5) is 0 Å². The molecule has 0 amide bonds. The normalized spacial score (nSPS) is 27.1. The van der Waals surface area contributed by atoms with E-state index in [2.05, 4.69) is 9.51 Å². The minimum absolute atomic E-state index is 0.134. The Morgan fingerprint density at radius 3 is 2.89 bits per heavy atom. The fraction of sp³-hybridized carbons (Fsp3) is 0.556. The van der Waals surface area contributed by atoms with E-state index in [4.69, 9.17) is 14.5 Å². The lowest BCUT2D eigenvalue weighted by atomic mass is 10.2. The Hall–Kier alpha value is -1.09. The highest BCUT2D eigenvalue weighted by Gasteiger charge is 2.35. The van der Waals surface area contributed by atoms with E-state index >= 15 is 0 Å². The Morgan fingerprint density at radius 1 is 1.53 bits per heavy atom. The number of aromatic nitrogens is 2. The first-order chi connectivity index (χ1) is 8.97. The van der Waals surface area contributed by atoms with Gasteiger partial charge in [0.25, 0.3) is 5.56 Å². The molecule has 1 aromatic rings. The van der Waals surface area contributed by atoms with E-state index in [1.54, 1.807) is 0 Å². The maximum atomic E-state index is 11.5. The summed E-state index contributed by atoms with van der Waals surface area (Å²) < 4.78 is 11.1. The van der Waals surface area contributed by atoms with E-state index in [0.717, 1.165) is 4.57 Å². The van der Waals surface area contributed by atoms with Gasteiger partial charge in [0.15, 0.2) is 0 Å². The second-order valence-electron chi connectivity index (χ2n) is 4.00. The van der Waals surface area contributed by atoms with Gasteiger partial charge in [0, 0.05) is 18.7 Å². The van der Waals surface area contributed by atoms with Gasteiger partial charge >= 0.3 is 14.3 Å². The van der Waals surface area contributed by atoms with Crippen LogP contribution in [0.5, 0.6) is 0 Å². The van der Waals surface area contributed by atoms with Gasteiger partial charge in [-0.15, -0.1) is 0 Å². The third-order valence-electron chi connectivity index (χ3n) is 2.72. The van der Waals surface area contributed by atoms with Crippen molar-refractivity contribution in [1.82, 2.24) is 9.55 Å². The van der Waals surface area contributed by atoms with Crippen LogP contribution in [0.2, 0.25) is 0 Å². The molecule has 3 atom stereocenters. The van der Waals surface area contributed by atoms with Crippen molar-refractivity contribution in [3.05, 3.63) is 33.1 Å². The van der Waals surface area contributed by atoms with Crippen LogP contribution >= 0.6 is 8.60 Å². The predicted octanol–water partition coefficient (Wildman–Crippen LogP) is -1.59. The molecule has 0 aliphatic carbocycles. The van der Waals surface area contributed by atoms with Crippen LogP contribution in [-0.2, 0) is 9.26 Å². The number of hydrogen-bond acceptors (Lipinski definition) is 7. The fourth-order valence-electron chi connectivity index (χ4n) is 1.83. The van der Waals surface area contributed by atoms with Crippen molar-refractivity contribution in [2.75, 3.05) is 6.61 Å². The molecule has 0 spiro atoms. The van der Waals surface area contributed by atoms with Crippen molar-refractivity contribution in [3.8, 4) is 0 Å². The molecular formula is C9H13N2O7P. The number of aromatic amines is 1. The average molecular weight is 292 g/mol. The molecule has 4 N–H and O–H groups in total. The zero-order chi connectivity index (χ0) is 14.0. The molecule has 1 fully saturated rings. The molecule has 1 aliphatic rings. The molecule has 2 rings (SSSR count). The number of aliphatic hydroxyl groups is 1. The van der Waals surface area contributed by atoms with Gasteiger partial charge < -0.3 is 24.2 Å². The van der Waals surface area contributed by atoms with E-state index in [1.807, 2.05) is 0 Å². The lowest BCUT2D eigenvalue weighted by molar-refractivity contribution is -0.0425. The molecule has 1 unspecified atom stereocenters. The molecule has 1 aromatic heterocycles. The van der Waals surface area contributed by atoms with Gasteiger partial charge in [0.1, 0.15) is 12.3 Å². The second kappa shape index (κ2) is 5.91. The standard InChI is InChI=1S/C9H13N2O7P/c12-5-3-8(18-6(5)4-17-19(15)16)11-2-1-7(13)10-9(11)14/h1-2,5-6,8,12,15-16H,3-4H2,(H,10,13,14)/t5?,6-,8-/m0/s1. The summed E-state index contributed by atoms with van der Waals surface area (Å²) in [7, 11) is -2.52. The summed E-state index contributed by atoms with van der Waals surface area (Å²) in [5.74, 6) is 0. The molecule has 106 valence electrons. The Bertz CT molecular complexity index is 542. The Labute approximate surface area is 108 Å². The van der Waals surface area contributed by atoms with Crippen LogP contribution in [0.25, 0.3) is 0 Å². The Kier molecular flexibility index (Phi) is 4.46. The molecule has 0 aromatic carbocycles. The number of hydrogen-bond donors (Lipinski definition) is 4. The van der Waals surface area contributed by atoms with Gasteiger partial charge in [-0.1, -0.05) is 0 Å². The van der Waals surface area contributed by atoms with Gasteiger partial charge in [0.05, 0.1) is 12.7 Å². The summed E-state index contributed by atoms with van der Waals surface area (Å²) in [6, 6.07) is 1.17. The van der Waals surface area contributed by atoms with E-state index in [0.29, 0.717) is 0 Å². The first kappa shape index (κ1) is 14.3. The molecular weight excluding hydrogens is 279 g/mol. The third kappa shape index (κ3) is 3.47. The summed E-state index contributed by atoms with van der Waals surface area (Å²) in [6.45, 7) is -0.200. The van der Waals surface area contributed by atoms with E-state index < -0.39 is 38.3 Å². The van der Waals surface area contributed by atoms with E-state index in [-0.39, 0.29) is 13.0 Å². The molecule has 1 aliphatic heterocycles. The van der Waals surface area contributed by atoms with Crippen molar-refractivity contribution in [1.29, 1.82) is 0 Å². The van der Waals surface area contributed by atoms with Crippen molar-refractivity contribution in [3.63, 3.8) is 0 Å². The zero-order valence-electron chi connectivity index (χ0n) is 9.67. The highest BCUT2D eigenvalue weighted by atomic mass is 31.2. The lowest BCUT2D eigenvalue weighted by Gasteiger charge is -2.15. The minimum Gasteiger partial charge on any atom is -0.390 e. The molecule has 2 heterocycles. The van der Waals surface area contributed by atoms with Gasteiger partial charge in [-0.3, -0.25) is 14.3 Å². The number of H-pyrrole nitrogens is 1. The number of nitrogens with zero attached hydrogens (tertiary/aromatic N) is 1. The van der Waals surface area contributed by atoms with Crippen molar-refractivity contribution in [2.45, 2.75) is 24.9 Å². The van der Waals surface area contributed by atoms with Crippen LogP contribution < -0.4 is 11.2 Å². The van der Waals surface area contributed by atoms with Crippen LogP contribution in [0, 0.1) is 0 Å². The topological polar surface area (TPSA) is 134 Å². The summed E-state index contributed by atoms with van der Waals surface area (Å²) >= 11 is 0.